The lowest BCUT2D eigenvalue weighted by Gasteiger charge is -2.11. The minimum absolute atomic E-state index is 0.175. The van der Waals surface area contributed by atoms with Crippen LogP contribution in [0.25, 0.3) is 11.0 Å². The van der Waals surface area contributed by atoms with Crippen molar-refractivity contribution in [3.8, 4) is 0 Å². The third-order valence-corrected chi connectivity index (χ3v) is 5.39. The first-order chi connectivity index (χ1) is 14.0. The molecule has 0 saturated carbocycles. The van der Waals surface area contributed by atoms with E-state index in [1.54, 1.807) is 4.57 Å². The van der Waals surface area contributed by atoms with E-state index in [0.717, 1.165) is 22.2 Å². The molecule has 0 fully saturated rings. The number of hydrogen-bond donors (Lipinski definition) is 1. The zero-order valence-corrected chi connectivity index (χ0v) is 16.9. The number of fused-ring (bicyclic) bond motifs is 1. The molecule has 0 aliphatic carbocycles. The lowest BCUT2D eigenvalue weighted by atomic mass is 10.1. The van der Waals surface area contributed by atoms with Crippen LogP contribution in [0.1, 0.15) is 22.3 Å². The van der Waals surface area contributed by atoms with Crippen LogP contribution in [0, 0.1) is 19.3 Å². The molecule has 0 bridgehead atoms. The molecule has 0 spiro atoms. The molecule has 1 heterocycles. The van der Waals surface area contributed by atoms with Crippen molar-refractivity contribution < 1.29 is 4.39 Å². The molecular weight excluding hydrogens is 361 g/mol. The Morgan fingerprint density at radius 3 is 1.86 bits per heavy atom. The fourth-order valence-corrected chi connectivity index (χ4v) is 3.76. The largest absolute Gasteiger partial charge is 0.307 e. The van der Waals surface area contributed by atoms with Gasteiger partial charge in [0.05, 0.1) is 24.1 Å². The van der Waals surface area contributed by atoms with E-state index in [2.05, 4.69) is 31.2 Å². The molecular formula is C25H26FN3. The molecule has 4 rings (SSSR count). The molecule has 1 aromatic heterocycles. The Morgan fingerprint density at radius 1 is 0.759 bits per heavy atom. The predicted octanol–water partition coefficient (Wildman–Crippen LogP) is 5.17. The highest BCUT2D eigenvalue weighted by molar-refractivity contribution is 5.76. The molecule has 148 valence electrons. The third kappa shape index (κ3) is 4.16. The number of hydrogen-bond acceptors (Lipinski definition) is 1. The number of para-hydroxylation sites is 2. The van der Waals surface area contributed by atoms with Gasteiger partial charge < -0.3 is 9.13 Å². The summed E-state index contributed by atoms with van der Waals surface area (Å²) < 4.78 is 18.7. The number of alkyl halides is 1. The maximum absolute atomic E-state index is 14.9. The maximum atomic E-state index is 14.9. The van der Waals surface area contributed by atoms with Crippen LogP contribution in [0.15, 0.2) is 72.8 Å². The quantitative estimate of drug-likeness (QED) is 0.474. The van der Waals surface area contributed by atoms with Crippen LogP contribution in [0.2, 0.25) is 0 Å². The molecule has 0 aliphatic heterocycles. The standard InChI is InChI=1S/C25H26FN3/c1-18-7-11-20(12-8-18)15-22(26)17-29-24-6-4-3-5-23(24)28(25(29)27)16-21-13-9-19(2)10-14-21/h3-14,22,27H,15-17H2,1-2H3. The van der Waals surface area contributed by atoms with Crippen molar-refractivity contribution in [3.05, 3.63) is 101 Å². The summed E-state index contributed by atoms with van der Waals surface area (Å²) in [7, 11) is 0. The van der Waals surface area contributed by atoms with E-state index in [-0.39, 0.29) is 6.54 Å². The summed E-state index contributed by atoms with van der Waals surface area (Å²) in [6, 6.07) is 24.2. The number of aromatic nitrogens is 2. The van der Waals surface area contributed by atoms with Crippen LogP contribution in [-0.4, -0.2) is 15.3 Å². The highest BCUT2D eigenvalue weighted by atomic mass is 19.1. The molecule has 4 aromatic rings. The molecule has 0 amide bonds. The van der Waals surface area contributed by atoms with Crippen molar-refractivity contribution in [1.82, 2.24) is 9.13 Å². The van der Waals surface area contributed by atoms with Gasteiger partial charge in [-0.15, -0.1) is 0 Å². The highest BCUT2D eigenvalue weighted by Crippen LogP contribution is 2.17. The molecule has 4 heteroatoms. The first-order valence-corrected chi connectivity index (χ1v) is 9.99. The molecule has 0 aliphatic rings. The molecule has 1 atom stereocenters. The lowest BCUT2D eigenvalue weighted by Crippen LogP contribution is -2.28. The molecule has 0 saturated heterocycles. The Hall–Kier alpha value is -3.14. The molecule has 1 unspecified atom stereocenters. The first-order valence-electron chi connectivity index (χ1n) is 9.99. The summed E-state index contributed by atoms with van der Waals surface area (Å²) in [6.07, 6.45) is -0.699. The van der Waals surface area contributed by atoms with Gasteiger partial charge >= 0.3 is 0 Å². The second-order valence-corrected chi connectivity index (χ2v) is 7.78. The van der Waals surface area contributed by atoms with Crippen molar-refractivity contribution in [1.29, 1.82) is 5.41 Å². The normalized spacial score (nSPS) is 12.4. The van der Waals surface area contributed by atoms with E-state index in [9.17, 15) is 4.39 Å². The van der Waals surface area contributed by atoms with Gasteiger partial charge in [0.2, 0.25) is 5.62 Å². The van der Waals surface area contributed by atoms with Gasteiger partial charge in [-0.25, -0.2) is 4.39 Å². The van der Waals surface area contributed by atoms with E-state index in [0.29, 0.717) is 18.6 Å². The molecule has 1 N–H and O–H groups in total. The molecule has 3 nitrogen and oxygen atoms in total. The topological polar surface area (TPSA) is 33.7 Å². The maximum Gasteiger partial charge on any atom is 0.203 e. The van der Waals surface area contributed by atoms with Gasteiger partial charge in [-0.1, -0.05) is 71.8 Å². The predicted molar refractivity (Wildman–Crippen MR) is 116 cm³/mol. The first kappa shape index (κ1) is 19.2. The smallest absolute Gasteiger partial charge is 0.203 e. The van der Waals surface area contributed by atoms with Crippen LogP contribution >= 0.6 is 0 Å². The number of benzene rings is 3. The van der Waals surface area contributed by atoms with Crippen molar-refractivity contribution in [3.63, 3.8) is 0 Å². The zero-order valence-electron chi connectivity index (χ0n) is 16.9. The van der Waals surface area contributed by atoms with E-state index < -0.39 is 6.17 Å². The Kier molecular flexibility index (Phi) is 5.34. The van der Waals surface area contributed by atoms with E-state index in [4.69, 9.17) is 5.41 Å². The van der Waals surface area contributed by atoms with E-state index in [1.165, 1.54) is 11.1 Å². The van der Waals surface area contributed by atoms with Crippen LogP contribution in [0.5, 0.6) is 0 Å². The highest BCUT2D eigenvalue weighted by Gasteiger charge is 2.15. The lowest BCUT2D eigenvalue weighted by molar-refractivity contribution is 0.291. The van der Waals surface area contributed by atoms with Crippen LogP contribution in [0.4, 0.5) is 4.39 Å². The third-order valence-electron chi connectivity index (χ3n) is 5.39. The fourth-order valence-electron chi connectivity index (χ4n) is 3.76. The number of nitrogens with zero attached hydrogens (tertiary/aromatic N) is 2. The number of imidazole rings is 1. The molecule has 3 aromatic carbocycles. The summed E-state index contributed by atoms with van der Waals surface area (Å²) >= 11 is 0. The Labute approximate surface area is 170 Å². The number of aryl methyl sites for hydroxylation is 2. The number of halogens is 1. The summed E-state index contributed by atoms with van der Waals surface area (Å²) in [6.45, 7) is 4.87. The second-order valence-electron chi connectivity index (χ2n) is 7.78. The molecule has 29 heavy (non-hydrogen) atoms. The average molecular weight is 388 g/mol. The SMILES string of the molecule is Cc1ccc(CC(F)Cn2c(=N)n(Cc3ccc(C)cc3)c3ccccc32)cc1. The van der Waals surface area contributed by atoms with Gasteiger partial charge in [0, 0.05) is 6.42 Å². The average Bonchev–Trinajstić information content (AvgIpc) is 2.97. The zero-order chi connectivity index (χ0) is 20.4. The van der Waals surface area contributed by atoms with E-state index in [1.807, 2.05) is 60.0 Å². The van der Waals surface area contributed by atoms with Crippen molar-refractivity contribution in [2.45, 2.75) is 39.5 Å². The Morgan fingerprint density at radius 2 is 1.28 bits per heavy atom. The summed E-state index contributed by atoms with van der Waals surface area (Å²) in [5.41, 5.74) is 6.69. The van der Waals surface area contributed by atoms with Gasteiger partial charge in [-0.2, -0.15) is 0 Å². The van der Waals surface area contributed by atoms with Crippen LogP contribution < -0.4 is 5.62 Å². The fraction of sp³-hybridized carbons (Fsp3) is 0.240. The summed E-state index contributed by atoms with van der Waals surface area (Å²) in [5.74, 6) is 0. The van der Waals surface area contributed by atoms with Gasteiger partial charge in [-0.05, 0) is 37.1 Å². The number of nitrogens with one attached hydrogen (secondary N) is 1. The van der Waals surface area contributed by atoms with Crippen LogP contribution in [-0.2, 0) is 19.5 Å². The van der Waals surface area contributed by atoms with Crippen molar-refractivity contribution in [2.24, 2.45) is 0 Å². The van der Waals surface area contributed by atoms with Gasteiger partial charge in [-0.3, -0.25) is 5.41 Å². The number of rotatable bonds is 6. The van der Waals surface area contributed by atoms with Crippen LogP contribution in [0.3, 0.4) is 0 Å². The van der Waals surface area contributed by atoms with Crippen molar-refractivity contribution >= 4 is 11.0 Å². The summed E-state index contributed by atoms with van der Waals surface area (Å²) in [4.78, 5) is 0. The molecule has 0 radical (unpaired) electrons. The van der Waals surface area contributed by atoms with Gasteiger partial charge in [0.15, 0.2) is 0 Å². The minimum atomic E-state index is -1.05. The van der Waals surface area contributed by atoms with Gasteiger partial charge in [0.1, 0.15) is 6.17 Å². The minimum Gasteiger partial charge on any atom is -0.307 e. The van der Waals surface area contributed by atoms with Crippen molar-refractivity contribution in [2.75, 3.05) is 0 Å². The monoisotopic (exact) mass is 387 g/mol. The second kappa shape index (κ2) is 8.08. The Balaban J connectivity index is 1.64. The van der Waals surface area contributed by atoms with Gasteiger partial charge in [0.25, 0.3) is 0 Å². The Bertz CT molecular complexity index is 1170. The summed E-state index contributed by atoms with van der Waals surface area (Å²) in [5, 5.41) is 8.73. The van der Waals surface area contributed by atoms with E-state index >= 15 is 0 Å².